The normalized spacial score (nSPS) is 17.0. The molecule has 11 nitrogen and oxygen atoms in total. The number of amides is 2. The quantitative estimate of drug-likeness (QED) is 0.457. The molecule has 2 amide bonds. The zero-order valence-corrected chi connectivity index (χ0v) is 18.3. The number of nitrogens with one attached hydrogen (secondary N) is 2. The summed E-state index contributed by atoms with van der Waals surface area (Å²) in [6.45, 7) is 1.03. The van der Waals surface area contributed by atoms with Gasteiger partial charge in [0.1, 0.15) is 6.23 Å². The Bertz CT molecular complexity index is 860. The zero-order chi connectivity index (χ0) is 22.3. The number of carbonyl (C=O) groups excluding carboxylic acids is 2. The molecule has 0 aliphatic carbocycles. The van der Waals surface area contributed by atoms with Gasteiger partial charge in [0, 0.05) is 25.7 Å². The maximum absolute atomic E-state index is 13.0. The van der Waals surface area contributed by atoms with Crippen LogP contribution in [0.25, 0.3) is 0 Å². The molecule has 0 saturated carbocycles. The molecule has 1 aromatic rings. The highest BCUT2D eigenvalue weighted by atomic mass is 32.2. The van der Waals surface area contributed by atoms with Crippen LogP contribution in [0.3, 0.4) is 0 Å². The molecule has 1 atom stereocenters. The van der Waals surface area contributed by atoms with Crippen LogP contribution < -0.4 is 20.1 Å². The molecule has 1 aliphatic rings. The van der Waals surface area contributed by atoms with E-state index in [-0.39, 0.29) is 30.3 Å². The van der Waals surface area contributed by atoms with Crippen molar-refractivity contribution in [1.29, 1.82) is 0 Å². The molecule has 2 N–H and O–H groups in total. The lowest BCUT2D eigenvalue weighted by Crippen LogP contribution is -2.48. The van der Waals surface area contributed by atoms with Gasteiger partial charge in [-0.3, -0.25) is 9.59 Å². The van der Waals surface area contributed by atoms with Crippen molar-refractivity contribution in [3.8, 4) is 11.5 Å². The van der Waals surface area contributed by atoms with Crippen molar-refractivity contribution in [1.82, 2.24) is 19.8 Å². The number of nitrogens with zero attached hydrogens (tertiary/aromatic N) is 2. The molecule has 168 valence electrons. The van der Waals surface area contributed by atoms with Crippen LogP contribution in [-0.2, 0) is 24.3 Å². The molecule has 0 spiro atoms. The Morgan fingerprint density at radius 3 is 2.47 bits per heavy atom. The van der Waals surface area contributed by atoms with Crippen molar-refractivity contribution >= 4 is 21.8 Å². The van der Waals surface area contributed by atoms with Gasteiger partial charge in [0.25, 0.3) is 0 Å². The first kappa shape index (κ1) is 23.9. The summed E-state index contributed by atoms with van der Waals surface area (Å²) >= 11 is 0. The van der Waals surface area contributed by atoms with Gasteiger partial charge in [-0.25, -0.2) is 8.42 Å². The summed E-state index contributed by atoms with van der Waals surface area (Å²) in [5.41, 5.74) is 0. The van der Waals surface area contributed by atoms with Gasteiger partial charge >= 0.3 is 11.8 Å². The van der Waals surface area contributed by atoms with Crippen molar-refractivity contribution in [2.45, 2.75) is 11.1 Å². The van der Waals surface area contributed by atoms with Crippen molar-refractivity contribution in [2.24, 2.45) is 0 Å². The molecular formula is C18H28N4O7S. The van der Waals surface area contributed by atoms with E-state index in [4.69, 9.17) is 14.2 Å². The third kappa shape index (κ3) is 5.81. The van der Waals surface area contributed by atoms with Crippen molar-refractivity contribution in [2.75, 3.05) is 61.1 Å². The first-order chi connectivity index (χ1) is 14.2. The number of likely N-dealkylation sites (N-methyl/N-ethyl adjacent to an activating group) is 1. The molecular weight excluding hydrogens is 416 g/mol. The van der Waals surface area contributed by atoms with E-state index in [0.29, 0.717) is 18.8 Å². The Kier molecular flexibility index (Phi) is 8.41. The number of sulfonamides is 1. The van der Waals surface area contributed by atoms with Gasteiger partial charge in [0.05, 0.1) is 32.3 Å². The van der Waals surface area contributed by atoms with Gasteiger partial charge in [-0.15, -0.1) is 0 Å². The minimum absolute atomic E-state index is 0.00315. The predicted octanol–water partition coefficient (Wildman–Crippen LogP) is -1.16. The molecule has 1 fully saturated rings. The summed E-state index contributed by atoms with van der Waals surface area (Å²) in [4.78, 5) is 25.7. The standard InChI is InChI=1S/C18H28N4O7S/c1-21(2)8-7-19-17(23)18(24)20-12-16-22(9-10-29-16)30(25,26)13-5-6-14(27-3)15(11-13)28-4/h5-6,11,16H,7-10,12H2,1-4H3,(H,19,23)(H,20,24). The summed E-state index contributed by atoms with van der Waals surface area (Å²) in [6.07, 6.45) is -0.929. The van der Waals surface area contributed by atoms with Crippen molar-refractivity contribution in [3.63, 3.8) is 0 Å². The fraction of sp³-hybridized carbons (Fsp3) is 0.556. The van der Waals surface area contributed by atoms with Crippen molar-refractivity contribution < 1.29 is 32.2 Å². The highest BCUT2D eigenvalue weighted by molar-refractivity contribution is 7.89. The Morgan fingerprint density at radius 2 is 1.83 bits per heavy atom. The maximum atomic E-state index is 13.0. The highest BCUT2D eigenvalue weighted by Gasteiger charge is 2.37. The minimum Gasteiger partial charge on any atom is -0.493 e. The number of benzene rings is 1. The van der Waals surface area contributed by atoms with Crippen LogP contribution in [0.2, 0.25) is 0 Å². The smallest absolute Gasteiger partial charge is 0.309 e. The molecule has 30 heavy (non-hydrogen) atoms. The Balaban J connectivity index is 2.02. The average Bonchev–Trinajstić information content (AvgIpc) is 3.20. The molecule has 0 radical (unpaired) electrons. The van der Waals surface area contributed by atoms with E-state index >= 15 is 0 Å². The summed E-state index contributed by atoms with van der Waals surface area (Å²) in [6, 6.07) is 4.26. The lowest BCUT2D eigenvalue weighted by atomic mass is 10.3. The fourth-order valence-electron chi connectivity index (χ4n) is 2.79. The molecule has 1 aromatic carbocycles. The van der Waals surface area contributed by atoms with E-state index < -0.39 is 28.1 Å². The molecule has 1 unspecified atom stereocenters. The predicted molar refractivity (Wildman–Crippen MR) is 108 cm³/mol. The molecule has 1 heterocycles. The van der Waals surface area contributed by atoms with Gasteiger partial charge < -0.3 is 29.7 Å². The fourth-order valence-corrected chi connectivity index (χ4v) is 4.31. The molecule has 2 rings (SSSR count). The third-order valence-corrected chi connectivity index (χ3v) is 6.28. The highest BCUT2D eigenvalue weighted by Crippen LogP contribution is 2.31. The zero-order valence-electron chi connectivity index (χ0n) is 17.5. The first-order valence-corrected chi connectivity index (χ1v) is 10.7. The summed E-state index contributed by atoms with van der Waals surface area (Å²) in [5, 5.41) is 4.91. The van der Waals surface area contributed by atoms with Crippen LogP contribution in [0, 0.1) is 0 Å². The minimum atomic E-state index is -3.92. The van der Waals surface area contributed by atoms with E-state index in [1.165, 1.54) is 32.4 Å². The van der Waals surface area contributed by atoms with E-state index in [1.807, 2.05) is 19.0 Å². The van der Waals surface area contributed by atoms with Gasteiger partial charge in [0.15, 0.2) is 11.5 Å². The van der Waals surface area contributed by atoms with E-state index in [9.17, 15) is 18.0 Å². The molecule has 0 aromatic heterocycles. The number of carbonyl (C=O) groups is 2. The first-order valence-electron chi connectivity index (χ1n) is 9.27. The second-order valence-electron chi connectivity index (χ2n) is 6.73. The number of methoxy groups -OCH3 is 2. The summed E-state index contributed by atoms with van der Waals surface area (Å²) in [5.74, 6) is -0.965. The average molecular weight is 445 g/mol. The Hall–Kier alpha value is -2.41. The second-order valence-corrected chi connectivity index (χ2v) is 8.62. The number of rotatable bonds is 9. The monoisotopic (exact) mass is 444 g/mol. The summed E-state index contributed by atoms with van der Waals surface area (Å²) < 4.78 is 43.0. The van der Waals surface area contributed by atoms with E-state index in [2.05, 4.69) is 10.6 Å². The van der Waals surface area contributed by atoms with Crippen LogP contribution in [0.4, 0.5) is 0 Å². The van der Waals surface area contributed by atoms with Crippen LogP contribution >= 0.6 is 0 Å². The molecule has 1 aliphatic heterocycles. The molecule has 12 heteroatoms. The second kappa shape index (κ2) is 10.6. The van der Waals surface area contributed by atoms with E-state index in [0.717, 1.165) is 4.31 Å². The lowest BCUT2D eigenvalue weighted by molar-refractivity contribution is -0.139. The number of ether oxygens (including phenoxy) is 3. The van der Waals surface area contributed by atoms with Crippen molar-refractivity contribution in [3.05, 3.63) is 18.2 Å². The maximum Gasteiger partial charge on any atom is 0.309 e. The van der Waals surface area contributed by atoms with Crippen LogP contribution in [0.1, 0.15) is 0 Å². The van der Waals surface area contributed by atoms with Crippen LogP contribution in [0.15, 0.2) is 23.1 Å². The van der Waals surface area contributed by atoms with Gasteiger partial charge in [-0.05, 0) is 26.2 Å². The van der Waals surface area contributed by atoms with Gasteiger partial charge in [-0.1, -0.05) is 0 Å². The lowest BCUT2D eigenvalue weighted by Gasteiger charge is -2.23. The third-order valence-electron chi connectivity index (χ3n) is 4.39. The Morgan fingerprint density at radius 1 is 1.17 bits per heavy atom. The summed E-state index contributed by atoms with van der Waals surface area (Å²) in [7, 11) is 2.63. The molecule has 0 bridgehead atoms. The number of hydrogen-bond acceptors (Lipinski definition) is 8. The van der Waals surface area contributed by atoms with Gasteiger partial charge in [0.2, 0.25) is 10.0 Å². The SMILES string of the molecule is COc1ccc(S(=O)(=O)N2CCOC2CNC(=O)C(=O)NCCN(C)C)cc1OC. The number of hydrogen-bond donors (Lipinski definition) is 2. The van der Waals surface area contributed by atoms with Crippen LogP contribution in [-0.4, -0.2) is 96.8 Å². The van der Waals surface area contributed by atoms with Gasteiger partial charge in [-0.2, -0.15) is 4.31 Å². The molecule has 1 saturated heterocycles. The largest absolute Gasteiger partial charge is 0.493 e. The topological polar surface area (TPSA) is 127 Å². The Labute approximate surface area is 176 Å². The van der Waals surface area contributed by atoms with E-state index in [1.54, 1.807) is 0 Å². The van der Waals surface area contributed by atoms with Crippen LogP contribution in [0.5, 0.6) is 11.5 Å².